The number of nitrogens with zero attached hydrogens (tertiary/aromatic N) is 3. The number of carboxylic acids is 1. The molecule has 0 aliphatic carbocycles. The Morgan fingerprint density at radius 2 is 2.38 bits per heavy atom. The molecular weight excluding hydrogens is 286 g/mol. The minimum absolute atomic E-state index is 0.271. The molecule has 6 heteroatoms. The van der Waals surface area contributed by atoms with Gasteiger partial charge in [0.25, 0.3) is 0 Å². The second kappa shape index (κ2) is 6.32. The number of likely N-dealkylation sites (tertiary alicyclic amines) is 1. The molecule has 0 radical (unpaired) electrons. The van der Waals surface area contributed by atoms with E-state index >= 15 is 0 Å². The van der Waals surface area contributed by atoms with E-state index in [1.54, 1.807) is 17.5 Å². The predicted molar refractivity (Wildman–Crippen MR) is 81.0 cm³/mol. The molecule has 2 aromatic rings. The van der Waals surface area contributed by atoms with Crippen LogP contribution in [-0.4, -0.2) is 39.0 Å². The Morgan fingerprint density at radius 1 is 1.48 bits per heavy atom. The number of pyridine rings is 1. The van der Waals surface area contributed by atoms with E-state index in [4.69, 9.17) is 5.11 Å². The molecule has 0 spiro atoms. The van der Waals surface area contributed by atoms with Crippen molar-refractivity contribution < 1.29 is 9.90 Å². The third-order valence-electron chi connectivity index (χ3n) is 3.65. The lowest BCUT2D eigenvalue weighted by Gasteiger charge is -2.13. The third kappa shape index (κ3) is 3.65. The molecule has 1 atom stereocenters. The number of aromatic nitrogens is 2. The lowest BCUT2D eigenvalue weighted by atomic mass is 10.1. The topological polar surface area (TPSA) is 66.3 Å². The lowest BCUT2D eigenvalue weighted by molar-refractivity contribution is -0.138. The molecule has 1 fully saturated rings. The van der Waals surface area contributed by atoms with Crippen molar-refractivity contribution in [1.29, 1.82) is 0 Å². The molecule has 0 aromatic carbocycles. The maximum atomic E-state index is 10.7. The van der Waals surface area contributed by atoms with Gasteiger partial charge in [0.1, 0.15) is 5.01 Å². The largest absolute Gasteiger partial charge is 0.481 e. The van der Waals surface area contributed by atoms with Crippen molar-refractivity contribution in [2.24, 2.45) is 5.92 Å². The van der Waals surface area contributed by atoms with Crippen LogP contribution in [0.2, 0.25) is 0 Å². The molecule has 0 amide bonds. The van der Waals surface area contributed by atoms with Gasteiger partial charge < -0.3 is 5.11 Å². The molecule has 1 aliphatic rings. The van der Waals surface area contributed by atoms with Crippen LogP contribution in [0.1, 0.15) is 18.5 Å². The number of carboxylic acid groups (broad SMARTS) is 1. The van der Waals surface area contributed by atoms with Crippen LogP contribution in [0.4, 0.5) is 0 Å². The summed E-state index contributed by atoms with van der Waals surface area (Å²) in [6.45, 7) is 2.59. The summed E-state index contributed by atoms with van der Waals surface area (Å²) in [5, 5.41) is 11.8. The van der Waals surface area contributed by atoms with Gasteiger partial charge in [-0.1, -0.05) is 6.07 Å². The van der Waals surface area contributed by atoms with Gasteiger partial charge in [0.15, 0.2) is 0 Å². The zero-order valence-corrected chi connectivity index (χ0v) is 12.4. The standard InChI is InChI=1S/C15H17N3O2S/c19-14(20)7-11-4-6-18(8-11)9-12-10-21-15(17-12)13-3-1-2-5-16-13/h1-3,5,10-11H,4,6-9H2,(H,19,20). The van der Waals surface area contributed by atoms with Crippen LogP contribution in [0.5, 0.6) is 0 Å². The van der Waals surface area contributed by atoms with Crippen molar-refractivity contribution in [3.8, 4) is 10.7 Å². The van der Waals surface area contributed by atoms with Gasteiger partial charge in [-0.2, -0.15) is 0 Å². The average Bonchev–Trinajstić information content (AvgIpc) is 3.09. The Morgan fingerprint density at radius 3 is 3.14 bits per heavy atom. The fraction of sp³-hybridized carbons (Fsp3) is 0.400. The van der Waals surface area contributed by atoms with Gasteiger partial charge in [0.2, 0.25) is 0 Å². The minimum Gasteiger partial charge on any atom is -0.481 e. The molecule has 3 heterocycles. The third-order valence-corrected chi connectivity index (χ3v) is 4.57. The van der Waals surface area contributed by atoms with Gasteiger partial charge in [-0.15, -0.1) is 11.3 Å². The summed E-state index contributed by atoms with van der Waals surface area (Å²) < 4.78 is 0. The van der Waals surface area contributed by atoms with Crippen molar-refractivity contribution in [2.75, 3.05) is 13.1 Å². The van der Waals surface area contributed by atoms with Crippen LogP contribution >= 0.6 is 11.3 Å². The minimum atomic E-state index is -0.701. The Kier molecular flexibility index (Phi) is 4.26. The van der Waals surface area contributed by atoms with Crippen LogP contribution in [0.25, 0.3) is 10.7 Å². The van der Waals surface area contributed by atoms with Crippen molar-refractivity contribution in [3.05, 3.63) is 35.5 Å². The van der Waals surface area contributed by atoms with E-state index < -0.39 is 5.97 Å². The Labute approximate surface area is 127 Å². The highest BCUT2D eigenvalue weighted by atomic mass is 32.1. The van der Waals surface area contributed by atoms with Gasteiger partial charge in [-0.25, -0.2) is 4.98 Å². The molecule has 1 unspecified atom stereocenters. The highest BCUT2D eigenvalue weighted by Gasteiger charge is 2.24. The molecule has 1 saturated heterocycles. The van der Waals surface area contributed by atoms with Crippen LogP contribution in [-0.2, 0) is 11.3 Å². The second-order valence-corrected chi connectivity index (χ2v) is 6.20. The molecule has 3 rings (SSSR count). The van der Waals surface area contributed by atoms with Crippen molar-refractivity contribution in [3.63, 3.8) is 0 Å². The number of thiazole rings is 1. The molecule has 0 saturated carbocycles. The normalized spacial score (nSPS) is 19.0. The van der Waals surface area contributed by atoms with Crippen molar-refractivity contribution in [2.45, 2.75) is 19.4 Å². The SMILES string of the molecule is O=C(O)CC1CCN(Cc2csc(-c3ccccn3)n2)C1. The number of aliphatic carboxylic acids is 1. The molecule has 2 aromatic heterocycles. The highest BCUT2D eigenvalue weighted by molar-refractivity contribution is 7.13. The number of hydrogen-bond donors (Lipinski definition) is 1. The lowest BCUT2D eigenvalue weighted by Crippen LogP contribution is -2.21. The Balaban J connectivity index is 1.60. The quantitative estimate of drug-likeness (QED) is 0.919. The molecule has 5 nitrogen and oxygen atoms in total. The first-order chi connectivity index (χ1) is 10.2. The van der Waals surface area contributed by atoms with Crippen molar-refractivity contribution in [1.82, 2.24) is 14.9 Å². The van der Waals surface area contributed by atoms with E-state index in [1.807, 2.05) is 18.2 Å². The maximum Gasteiger partial charge on any atom is 0.303 e. The van der Waals surface area contributed by atoms with E-state index in [0.717, 1.165) is 42.5 Å². The molecular formula is C15H17N3O2S. The summed E-state index contributed by atoms with van der Waals surface area (Å²) in [7, 11) is 0. The van der Waals surface area contributed by atoms with E-state index in [-0.39, 0.29) is 12.3 Å². The van der Waals surface area contributed by atoms with Gasteiger partial charge in [0.05, 0.1) is 11.4 Å². The monoisotopic (exact) mass is 303 g/mol. The molecule has 1 aliphatic heterocycles. The van der Waals surface area contributed by atoms with Crippen LogP contribution in [0, 0.1) is 5.92 Å². The zero-order chi connectivity index (χ0) is 14.7. The maximum absolute atomic E-state index is 10.7. The summed E-state index contributed by atoms with van der Waals surface area (Å²) >= 11 is 1.60. The van der Waals surface area contributed by atoms with Crippen LogP contribution < -0.4 is 0 Å². The van der Waals surface area contributed by atoms with Crippen LogP contribution in [0.3, 0.4) is 0 Å². The highest BCUT2D eigenvalue weighted by Crippen LogP contribution is 2.25. The first-order valence-electron chi connectivity index (χ1n) is 7.00. The number of rotatable bonds is 5. The van der Waals surface area contributed by atoms with E-state index in [9.17, 15) is 4.79 Å². The van der Waals surface area contributed by atoms with Gasteiger partial charge >= 0.3 is 5.97 Å². The zero-order valence-electron chi connectivity index (χ0n) is 11.6. The first kappa shape index (κ1) is 14.2. The fourth-order valence-corrected chi connectivity index (χ4v) is 3.47. The van der Waals surface area contributed by atoms with E-state index in [1.165, 1.54) is 0 Å². The van der Waals surface area contributed by atoms with Gasteiger partial charge in [-0.3, -0.25) is 14.7 Å². The van der Waals surface area contributed by atoms with Crippen LogP contribution in [0.15, 0.2) is 29.8 Å². The Bertz CT molecular complexity index is 614. The van der Waals surface area contributed by atoms with Crippen molar-refractivity contribution >= 4 is 17.3 Å². The van der Waals surface area contributed by atoms with E-state index in [2.05, 4.69) is 20.2 Å². The first-order valence-corrected chi connectivity index (χ1v) is 7.88. The molecule has 1 N–H and O–H groups in total. The molecule has 110 valence electrons. The van der Waals surface area contributed by atoms with E-state index in [0.29, 0.717) is 0 Å². The van der Waals surface area contributed by atoms with Gasteiger partial charge in [0, 0.05) is 31.1 Å². The summed E-state index contributed by atoms with van der Waals surface area (Å²) in [4.78, 5) is 22.0. The number of carbonyl (C=O) groups is 1. The summed E-state index contributed by atoms with van der Waals surface area (Å²) in [5.41, 5.74) is 1.94. The summed E-state index contributed by atoms with van der Waals surface area (Å²) in [6, 6.07) is 5.81. The summed E-state index contributed by atoms with van der Waals surface area (Å²) in [6.07, 6.45) is 3.00. The molecule has 0 bridgehead atoms. The second-order valence-electron chi connectivity index (χ2n) is 5.35. The average molecular weight is 303 g/mol. The smallest absolute Gasteiger partial charge is 0.303 e. The molecule has 21 heavy (non-hydrogen) atoms. The predicted octanol–water partition coefficient (Wildman–Crippen LogP) is 2.50. The summed E-state index contributed by atoms with van der Waals surface area (Å²) in [5.74, 6) is -0.427. The fourth-order valence-electron chi connectivity index (χ4n) is 2.69. The van der Waals surface area contributed by atoms with Gasteiger partial charge in [-0.05, 0) is 31.0 Å². The number of hydrogen-bond acceptors (Lipinski definition) is 5. The Hall–Kier alpha value is -1.79.